The summed E-state index contributed by atoms with van der Waals surface area (Å²) in [6, 6.07) is 1.12. The molecule has 2 aliphatic rings. The summed E-state index contributed by atoms with van der Waals surface area (Å²) in [7, 11) is 2.20. The van der Waals surface area contributed by atoms with Gasteiger partial charge in [-0.25, -0.2) is 8.61 Å². The summed E-state index contributed by atoms with van der Waals surface area (Å²) >= 11 is 1.92. The first-order chi connectivity index (χ1) is 7.65. The van der Waals surface area contributed by atoms with Crippen LogP contribution in [0.15, 0.2) is 0 Å². The molecule has 2 N–H and O–H groups in total. The van der Waals surface area contributed by atoms with Gasteiger partial charge in [0.2, 0.25) is 0 Å². The predicted molar refractivity (Wildman–Crippen MR) is 69.8 cm³/mol. The molecular weight excluding hydrogens is 220 g/mol. The molecule has 0 aromatic rings. The van der Waals surface area contributed by atoms with E-state index < -0.39 is 0 Å². The first-order valence-electron chi connectivity index (χ1n) is 6.29. The van der Waals surface area contributed by atoms with Crippen LogP contribution < -0.4 is 5.73 Å². The van der Waals surface area contributed by atoms with E-state index in [1.807, 2.05) is 12.1 Å². The van der Waals surface area contributed by atoms with Crippen LogP contribution in [0.4, 0.5) is 0 Å². The Bertz CT molecular complexity index is 218. The zero-order chi connectivity index (χ0) is 11.5. The van der Waals surface area contributed by atoms with Crippen LogP contribution in [0, 0.1) is 0 Å². The second kappa shape index (κ2) is 5.69. The molecule has 4 nitrogen and oxygen atoms in total. The van der Waals surface area contributed by atoms with Gasteiger partial charge >= 0.3 is 0 Å². The number of rotatable bonds is 2. The average Bonchev–Trinajstić information content (AvgIpc) is 2.27. The SMILES string of the molecule is CC1CCN(C)CN1SN1CCC(N)CC1. The monoisotopic (exact) mass is 244 g/mol. The molecule has 0 saturated carbocycles. The Labute approximate surface area is 103 Å². The lowest BCUT2D eigenvalue weighted by atomic mass is 10.1. The van der Waals surface area contributed by atoms with Crippen molar-refractivity contribution < 1.29 is 0 Å². The standard InChI is InChI=1S/C11H24N4S/c1-10-3-6-13(2)9-15(10)16-14-7-4-11(12)5-8-14/h10-11H,3-9,12H2,1-2H3. The number of nitrogens with zero attached hydrogens (tertiary/aromatic N) is 3. The van der Waals surface area contributed by atoms with E-state index >= 15 is 0 Å². The number of piperidine rings is 1. The molecule has 2 saturated heterocycles. The summed E-state index contributed by atoms with van der Waals surface area (Å²) in [5, 5.41) is 0. The van der Waals surface area contributed by atoms with Crippen molar-refractivity contribution in [3.05, 3.63) is 0 Å². The van der Waals surface area contributed by atoms with Crippen LogP contribution in [0.1, 0.15) is 26.2 Å². The van der Waals surface area contributed by atoms with E-state index in [-0.39, 0.29) is 0 Å². The van der Waals surface area contributed by atoms with E-state index in [4.69, 9.17) is 5.73 Å². The van der Waals surface area contributed by atoms with Crippen LogP contribution >= 0.6 is 12.1 Å². The molecule has 5 heteroatoms. The molecule has 0 bridgehead atoms. The third-order valence-corrected chi connectivity index (χ3v) is 4.80. The minimum Gasteiger partial charge on any atom is -0.328 e. The van der Waals surface area contributed by atoms with Crippen molar-refractivity contribution in [1.82, 2.24) is 13.5 Å². The third-order valence-electron chi connectivity index (χ3n) is 3.52. The van der Waals surface area contributed by atoms with Crippen molar-refractivity contribution in [2.75, 3.05) is 33.4 Å². The van der Waals surface area contributed by atoms with Crippen molar-refractivity contribution >= 4 is 12.1 Å². The van der Waals surface area contributed by atoms with Crippen molar-refractivity contribution in [3.8, 4) is 0 Å². The summed E-state index contributed by atoms with van der Waals surface area (Å²) in [5.41, 5.74) is 5.92. The van der Waals surface area contributed by atoms with Crippen molar-refractivity contribution in [2.24, 2.45) is 5.73 Å². The van der Waals surface area contributed by atoms with Gasteiger partial charge in [-0.1, -0.05) is 0 Å². The molecule has 2 heterocycles. The Balaban J connectivity index is 1.79. The molecule has 0 aliphatic carbocycles. The van der Waals surface area contributed by atoms with Gasteiger partial charge < -0.3 is 5.73 Å². The van der Waals surface area contributed by atoms with Crippen molar-refractivity contribution in [2.45, 2.75) is 38.3 Å². The zero-order valence-corrected chi connectivity index (χ0v) is 11.2. The molecule has 94 valence electrons. The first-order valence-corrected chi connectivity index (χ1v) is 7.02. The first kappa shape index (κ1) is 12.6. The van der Waals surface area contributed by atoms with Crippen LogP contribution in [0.25, 0.3) is 0 Å². The Morgan fingerprint density at radius 3 is 2.50 bits per heavy atom. The van der Waals surface area contributed by atoms with Crippen LogP contribution in [-0.4, -0.2) is 58.9 Å². The molecule has 1 unspecified atom stereocenters. The highest BCUT2D eigenvalue weighted by Crippen LogP contribution is 2.26. The van der Waals surface area contributed by atoms with E-state index in [2.05, 4.69) is 27.5 Å². The van der Waals surface area contributed by atoms with Crippen LogP contribution in [-0.2, 0) is 0 Å². The third kappa shape index (κ3) is 3.34. The molecule has 0 aromatic carbocycles. The van der Waals surface area contributed by atoms with E-state index in [1.165, 1.54) is 13.0 Å². The number of hydrogen-bond donors (Lipinski definition) is 1. The lowest BCUT2D eigenvalue weighted by Gasteiger charge is -2.41. The van der Waals surface area contributed by atoms with Gasteiger partial charge in [-0.2, -0.15) is 0 Å². The van der Waals surface area contributed by atoms with Crippen molar-refractivity contribution in [1.29, 1.82) is 0 Å². The Morgan fingerprint density at radius 2 is 1.81 bits per heavy atom. The minimum atomic E-state index is 0.429. The van der Waals surface area contributed by atoms with Crippen molar-refractivity contribution in [3.63, 3.8) is 0 Å². The molecule has 2 fully saturated rings. The van der Waals surface area contributed by atoms with Gasteiger partial charge in [0, 0.05) is 43.9 Å². The molecule has 0 aromatic heterocycles. The highest BCUT2D eigenvalue weighted by Gasteiger charge is 2.26. The van der Waals surface area contributed by atoms with Gasteiger partial charge in [0.05, 0.1) is 6.67 Å². The Kier molecular flexibility index (Phi) is 4.49. The molecule has 0 radical (unpaired) electrons. The van der Waals surface area contributed by atoms with Gasteiger partial charge in [0.15, 0.2) is 0 Å². The molecular formula is C11H24N4S. The molecule has 0 amide bonds. The van der Waals surface area contributed by atoms with Gasteiger partial charge in [0.25, 0.3) is 0 Å². The Hall–Kier alpha value is 0.190. The topological polar surface area (TPSA) is 35.7 Å². The van der Waals surface area contributed by atoms with E-state index in [0.717, 1.165) is 32.6 Å². The van der Waals surface area contributed by atoms with E-state index in [0.29, 0.717) is 12.1 Å². The average molecular weight is 244 g/mol. The number of nitrogens with two attached hydrogens (primary N) is 1. The summed E-state index contributed by atoms with van der Waals surface area (Å²) in [6.07, 6.45) is 3.56. The molecule has 2 rings (SSSR count). The fourth-order valence-corrected chi connectivity index (χ4v) is 3.40. The van der Waals surface area contributed by atoms with Crippen LogP contribution in [0.3, 0.4) is 0 Å². The maximum Gasteiger partial charge on any atom is 0.0618 e. The Morgan fingerprint density at radius 1 is 1.12 bits per heavy atom. The fourth-order valence-electron chi connectivity index (χ4n) is 2.21. The van der Waals surface area contributed by atoms with E-state index in [9.17, 15) is 0 Å². The number of hydrogen-bond acceptors (Lipinski definition) is 5. The quantitative estimate of drug-likeness (QED) is 0.732. The lowest BCUT2D eigenvalue weighted by molar-refractivity contribution is 0.141. The largest absolute Gasteiger partial charge is 0.328 e. The zero-order valence-electron chi connectivity index (χ0n) is 10.4. The second-order valence-corrected chi connectivity index (χ2v) is 6.27. The maximum absolute atomic E-state index is 5.92. The van der Waals surface area contributed by atoms with Gasteiger partial charge in [0.1, 0.15) is 0 Å². The predicted octanol–water partition coefficient (Wildman–Crippen LogP) is 0.956. The van der Waals surface area contributed by atoms with E-state index in [1.54, 1.807) is 0 Å². The molecule has 0 spiro atoms. The van der Waals surface area contributed by atoms with Crippen LogP contribution in [0.5, 0.6) is 0 Å². The molecule has 16 heavy (non-hydrogen) atoms. The summed E-state index contributed by atoms with van der Waals surface area (Å²) in [6.45, 7) is 6.91. The van der Waals surface area contributed by atoms with Gasteiger partial charge in [-0.15, -0.1) is 0 Å². The lowest BCUT2D eigenvalue weighted by Crippen LogP contribution is -2.47. The normalized spacial score (nSPS) is 32.1. The minimum absolute atomic E-state index is 0.429. The second-order valence-electron chi connectivity index (χ2n) is 5.12. The fraction of sp³-hybridized carbons (Fsp3) is 1.00. The molecule has 1 atom stereocenters. The highest BCUT2D eigenvalue weighted by atomic mass is 32.2. The summed E-state index contributed by atoms with van der Waals surface area (Å²) in [5.74, 6) is 0. The highest BCUT2D eigenvalue weighted by molar-refractivity contribution is 7.94. The van der Waals surface area contributed by atoms with Gasteiger partial charge in [-0.05, 0) is 33.2 Å². The van der Waals surface area contributed by atoms with Crippen LogP contribution in [0.2, 0.25) is 0 Å². The summed E-state index contributed by atoms with van der Waals surface area (Å²) in [4.78, 5) is 2.39. The molecule has 2 aliphatic heterocycles. The smallest absolute Gasteiger partial charge is 0.0618 e. The maximum atomic E-state index is 5.92. The summed E-state index contributed by atoms with van der Waals surface area (Å²) < 4.78 is 4.97. The van der Waals surface area contributed by atoms with Gasteiger partial charge in [-0.3, -0.25) is 4.90 Å².